The molecule has 3 heterocycles. The van der Waals surface area contributed by atoms with Crippen LogP contribution >= 0.6 is 0 Å². The molecule has 4 aromatic rings. The molecule has 0 bridgehead atoms. The smallest absolute Gasteiger partial charge is 0.171 e. The highest BCUT2D eigenvalue weighted by Crippen LogP contribution is 2.16. The molecule has 0 atom stereocenters. The Labute approximate surface area is 197 Å². The number of hydrogen-bond acceptors (Lipinski definition) is 1. The SMILES string of the molecule is COc1ccc(CC[n+]2ccc(-c3cc[n+](CCC[n+]4cc(C)cc(C)c4)cc3)cc2)cc1. The predicted molar refractivity (Wildman–Crippen MR) is 130 cm³/mol. The van der Waals surface area contributed by atoms with Crippen LogP contribution in [0.3, 0.4) is 0 Å². The van der Waals surface area contributed by atoms with E-state index in [1.54, 1.807) is 7.11 Å². The van der Waals surface area contributed by atoms with E-state index in [2.05, 4.69) is 107 Å². The summed E-state index contributed by atoms with van der Waals surface area (Å²) in [5.74, 6) is 0.903. The summed E-state index contributed by atoms with van der Waals surface area (Å²) in [7, 11) is 1.70. The zero-order chi connectivity index (χ0) is 23.0. The Morgan fingerprint density at radius 2 is 1.15 bits per heavy atom. The van der Waals surface area contributed by atoms with E-state index in [0.717, 1.165) is 38.2 Å². The van der Waals surface area contributed by atoms with Crippen LogP contribution in [-0.4, -0.2) is 7.11 Å². The van der Waals surface area contributed by atoms with Gasteiger partial charge in [-0.05, 0) is 48.7 Å². The molecule has 0 radical (unpaired) electrons. The van der Waals surface area contributed by atoms with Crippen LogP contribution in [0.5, 0.6) is 5.75 Å². The topological polar surface area (TPSA) is 20.9 Å². The first-order valence-electron chi connectivity index (χ1n) is 11.7. The van der Waals surface area contributed by atoms with Gasteiger partial charge in [0.1, 0.15) is 5.75 Å². The lowest BCUT2D eigenvalue weighted by Gasteiger charge is -2.03. The van der Waals surface area contributed by atoms with Gasteiger partial charge < -0.3 is 4.74 Å². The van der Waals surface area contributed by atoms with Crippen LogP contribution in [-0.2, 0) is 26.1 Å². The van der Waals surface area contributed by atoms with Crippen molar-refractivity contribution >= 4 is 0 Å². The monoisotopic (exact) mass is 440 g/mol. The van der Waals surface area contributed by atoms with Gasteiger partial charge in [0.05, 0.1) is 13.5 Å². The van der Waals surface area contributed by atoms with E-state index in [9.17, 15) is 0 Å². The Morgan fingerprint density at radius 1 is 0.636 bits per heavy atom. The van der Waals surface area contributed by atoms with E-state index in [-0.39, 0.29) is 0 Å². The van der Waals surface area contributed by atoms with Gasteiger partial charge in [-0.25, -0.2) is 13.7 Å². The summed E-state index contributed by atoms with van der Waals surface area (Å²) in [5, 5.41) is 0. The first-order valence-corrected chi connectivity index (χ1v) is 11.7. The molecule has 0 N–H and O–H groups in total. The minimum atomic E-state index is 0.903. The molecule has 4 rings (SSSR count). The quantitative estimate of drug-likeness (QED) is 0.358. The van der Waals surface area contributed by atoms with Crippen LogP contribution in [0.4, 0.5) is 0 Å². The van der Waals surface area contributed by atoms with E-state index >= 15 is 0 Å². The van der Waals surface area contributed by atoms with Crippen molar-refractivity contribution in [2.45, 2.75) is 46.3 Å². The van der Waals surface area contributed by atoms with Crippen molar-refractivity contribution in [3.63, 3.8) is 0 Å². The van der Waals surface area contributed by atoms with Gasteiger partial charge >= 0.3 is 0 Å². The molecule has 0 saturated carbocycles. The van der Waals surface area contributed by atoms with Gasteiger partial charge in [-0.15, -0.1) is 0 Å². The third kappa shape index (κ3) is 6.48. The molecule has 0 aliphatic rings. The van der Waals surface area contributed by atoms with Gasteiger partial charge in [0.25, 0.3) is 0 Å². The molecule has 168 valence electrons. The molecule has 0 unspecified atom stereocenters. The van der Waals surface area contributed by atoms with Crippen LogP contribution < -0.4 is 18.4 Å². The maximum absolute atomic E-state index is 5.23. The Morgan fingerprint density at radius 3 is 1.70 bits per heavy atom. The second-order valence-corrected chi connectivity index (χ2v) is 8.73. The highest BCUT2D eigenvalue weighted by molar-refractivity contribution is 5.60. The van der Waals surface area contributed by atoms with Gasteiger partial charge in [0, 0.05) is 41.8 Å². The molecule has 0 spiro atoms. The fourth-order valence-electron chi connectivity index (χ4n) is 4.21. The molecular weight excluding hydrogens is 406 g/mol. The number of aryl methyl sites for hydroxylation is 6. The van der Waals surface area contributed by atoms with E-state index in [4.69, 9.17) is 4.74 Å². The second kappa shape index (κ2) is 10.9. The molecule has 0 fully saturated rings. The lowest BCUT2D eigenvalue weighted by molar-refractivity contribution is -0.727. The highest BCUT2D eigenvalue weighted by atomic mass is 16.5. The van der Waals surface area contributed by atoms with Crippen molar-refractivity contribution in [1.29, 1.82) is 0 Å². The van der Waals surface area contributed by atoms with Crippen molar-refractivity contribution in [2.75, 3.05) is 7.11 Å². The van der Waals surface area contributed by atoms with Crippen molar-refractivity contribution in [2.24, 2.45) is 0 Å². The largest absolute Gasteiger partial charge is 0.497 e. The van der Waals surface area contributed by atoms with Gasteiger partial charge in [-0.2, -0.15) is 0 Å². The van der Waals surface area contributed by atoms with Crippen molar-refractivity contribution < 1.29 is 18.4 Å². The summed E-state index contributed by atoms with van der Waals surface area (Å²) in [6.07, 6.45) is 15.3. The molecule has 33 heavy (non-hydrogen) atoms. The minimum absolute atomic E-state index is 0.903. The first-order chi connectivity index (χ1) is 16.1. The van der Waals surface area contributed by atoms with Crippen molar-refractivity contribution in [1.82, 2.24) is 0 Å². The normalized spacial score (nSPS) is 10.9. The van der Waals surface area contributed by atoms with Gasteiger partial charge in [0.15, 0.2) is 56.8 Å². The average molecular weight is 441 g/mol. The summed E-state index contributed by atoms with van der Waals surface area (Å²) in [4.78, 5) is 0. The summed E-state index contributed by atoms with van der Waals surface area (Å²) >= 11 is 0. The summed E-state index contributed by atoms with van der Waals surface area (Å²) in [5.41, 5.74) is 6.44. The summed E-state index contributed by atoms with van der Waals surface area (Å²) < 4.78 is 12.0. The Bertz CT molecular complexity index is 1150. The van der Waals surface area contributed by atoms with Crippen LogP contribution in [0.25, 0.3) is 11.1 Å². The molecule has 4 nitrogen and oxygen atoms in total. The lowest BCUT2D eigenvalue weighted by Crippen LogP contribution is -2.38. The van der Waals surface area contributed by atoms with E-state index in [1.165, 1.54) is 27.8 Å². The molecular formula is C29H34N3O+3. The minimum Gasteiger partial charge on any atom is -0.497 e. The zero-order valence-corrected chi connectivity index (χ0v) is 19.9. The first kappa shape index (κ1) is 22.7. The van der Waals surface area contributed by atoms with E-state index in [1.807, 2.05) is 12.1 Å². The van der Waals surface area contributed by atoms with E-state index < -0.39 is 0 Å². The maximum atomic E-state index is 5.23. The third-order valence-corrected chi connectivity index (χ3v) is 5.96. The highest BCUT2D eigenvalue weighted by Gasteiger charge is 2.09. The number of ether oxygens (including phenoxy) is 1. The molecule has 4 heteroatoms. The number of methoxy groups -OCH3 is 1. The number of aromatic nitrogens is 3. The van der Waals surface area contributed by atoms with Crippen LogP contribution in [0.2, 0.25) is 0 Å². The van der Waals surface area contributed by atoms with Gasteiger partial charge in [-0.1, -0.05) is 12.1 Å². The molecule has 0 amide bonds. The average Bonchev–Trinajstić information content (AvgIpc) is 2.83. The van der Waals surface area contributed by atoms with Crippen molar-refractivity contribution in [3.05, 3.63) is 108 Å². The van der Waals surface area contributed by atoms with Gasteiger partial charge in [0.2, 0.25) is 0 Å². The molecule has 1 aromatic carbocycles. The predicted octanol–water partition coefficient (Wildman–Crippen LogP) is 4.17. The Kier molecular flexibility index (Phi) is 7.46. The third-order valence-electron chi connectivity index (χ3n) is 5.96. The number of rotatable bonds is 9. The lowest BCUT2D eigenvalue weighted by atomic mass is 10.1. The zero-order valence-electron chi connectivity index (χ0n) is 19.9. The standard InChI is InChI=1S/C29H34N3O/c1-24-21-25(2)23-32(22-24)15-4-14-30-17-10-27(11-18-30)28-12-19-31(20-13-28)16-9-26-5-7-29(33-3)8-6-26/h5-8,10-13,17-23H,4,9,14-16H2,1-3H3/q+3. The molecule has 3 aromatic heterocycles. The molecule has 0 aliphatic heterocycles. The van der Waals surface area contributed by atoms with Crippen LogP contribution in [0.15, 0.2) is 91.8 Å². The van der Waals surface area contributed by atoms with Crippen molar-refractivity contribution in [3.8, 4) is 16.9 Å². The number of hydrogen-bond donors (Lipinski definition) is 0. The fraction of sp³-hybridized carbons (Fsp3) is 0.276. The fourth-order valence-corrected chi connectivity index (χ4v) is 4.21. The number of pyridine rings is 3. The maximum Gasteiger partial charge on any atom is 0.171 e. The second-order valence-electron chi connectivity index (χ2n) is 8.73. The van der Waals surface area contributed by atoms with E-state index in [0.29, 0.717) is 0 Å². The number of benzene rings is 1. The van der Waals surface area contributed by atoms with Crippen LogP contribution in [0, 0.1) is 13.8 Å². The summed E-state index contributed by atoms with van der Waals surface area (Å²) in [6.45, 7) is 7.32. The summed E-state index contributed by atoms with van der Waals surface area (Å²) in [6, 6.07) is 19.3. The molecule has 0 aliphatic carbocycles. The number of nitrogens with zero attached hydrogens (tertiary/aromatic N) is 3. The Balaban J connectivity index is 1.28. The van der Waals surface area contributed by atoms with Crippen LogP contribution in [0.1, 0.15) is 23.1 Å². The Hall–Kier alpha value is -3.53. The van der Waals surface area contributed by atoms with Gasteiger partial charge in [-0.3, -0.25) is 0 Å². The molecule has 0 saturated heterocycles.